The van der Waals surface area contributed by atoms with Crippen molar-refractivity contribution in [2.24, 2.45) is 5.92 Å². The molecule has 0 N–H and O–H groups in total. The lowest BCUT2D eigenvalue weighted by atomic mass is 9.89. The third kappa shape index (κ3) is 2.39. The first-order chi connectivity index (χ1) is 9.21. The molecule has 0 bridgehead atoms. The fourth-order valence-corrected chi connectivity index (χ4v) is 3.65. The predicted molar refractivity (Wildman–Crippen MR) is 72.5 cm³/mol. The summed E-state index contributed by atoms with van der Waals surface area (Å²) in [5.41, 5.74) is -0.196. The van der Waals surface area contributed by atoms with Crippen LogP contribution in [0, 0.1) is 5.92 Å². The van der Waals surface area contributed by atoms with Crippen molar-refractivity contribution in [3.63, 3.8) is 0 Å². The lowest BCUT2D eigenvalue weighted by Crippen LogP contribution is -2.19. The standard InChI is InChI=1S/C8H12O2.C8H12O/c1-2-8-6-4-3-5-7(8)10(8)9;1-2-6-3-4-7-8(5-6)9-7/h2,7H,1,3-6H2;2,6-8H,1,3-5H2. The van der Waals surface area contributed by atoms with Gasteiger partial charge in [-0.05, 0) is 44.1 Å². The Bertz CT molecular complexity index is 367. The molecule has 106 valence electrons. The Kier molecular flexibility index (Phi) is 3.54. The molecule has 0 aromatic rings. The summed E-state index contributed by atoms with van der Waals surface area (Å²) >= 11 is 0. The van der Waals surface area contributed by atoms with Gasteiger partial charge in [0.25, 0.3) is 5.60 Å². The van der Waals surface area contributed by atoms with E-state index in [1.54, 1.807) is 6.08 Å². The van der Waals surface area contributed by atoms with E-state index in [0.29, 0.717) is 12.2 Å². The first-order valence-electron chi connectivity index (χ1n) is 7.53. The summed E-state index contributed by atoms with van der Waals surface area (Å²) in [6.45, 7) is 7.47. The van der Waals surface area contributed by atoms with E-state index in [1.807, 2.05) is 4.52 Å². The first-order valence-corrected chi connectivity index (χ1v) is 7.53. The minimum atomic E-state index is -0.196. The molecule has 2 heterocycles. The smallest absolute Gasteiger partial charge is 0.263 e. The molecule has 2 aliphatic carbocycles. The number of hydrogen-bond donors (Lipinski definition) is 0. The van der Waals surface area contributed by atoms with E-state index >= 15 is 0 Å². The van der Waals surface area contributed by atoms with Gasteiger partial charge in [0.15, 0.2) is 0 Å². The molecule has 19 heavy (non-hydrogen) atoms. The highest BCUT2D eigenvalue weighted by Crippen LogP contribution is 2.52. The average Bonchev–Trinajstić information content (AvgIpc) is 3.35. The van der Waals surface area contributed by atoms with E-state index in [0.717, 1.165) is 18.8 Å². The fourth-order valence-electron chi connectivity index (χ4n) is 3.65. The van der Waals surface area contributed by atoms with Gasteiger partial charge in [0.2, 0.25) is 6.10 Å². The minimum Gasteiger partial charge on any atom is -0.533 e. The van der Waals surface area contributed by atoms with Crippen molar-refractivity contribution in [3.8, 4) is 0 Å². The van der Waals surface area contributed by atoms with E-state index in [1.165, 1.54) is 32.1 Å². The molecule has 0 spiro atoms. The second kappa shape index (κ2) is 5.04. The Morgan fingerprint density at radius 3 is 2.58 bits per heavy atom. The molecule has 2 saturated carbocycles. The molecular weight excluding hydrogens is 240 g/mol. The lowest BCUT2D eigenvalue weighted by Gasteiger charge is -2.12. The van der Waals surface area contributed by atoms with Crippen LogP contribution in [0.2, 0.25) is 0 Å². The zero-order valence-electron chi connectivity index (χ0n) is 11.6. The van der Waals surface area contributed by atoms with E-state index < -0.39 is 0 Å². The third-order valence-corrected chi connectivity index (χ3v) is 5.13. The molecule has 0 radical (unpaired) electrons. The molecule has 2 saturated heterocycles. The molecule has 3 nitrogen and oxygen atoms in total. The van der Waals surface area contributed by atoms with E-state index in [9.17, 15) is 5.26 Å². The average molecular weight is 264 g/mol. The second-order valence-corrected chi connectivity index (χ2v) is 6.21. The van der Waals surface area contributed by atoms with Gasteiger partial charge in [-0.3, -0.25) is 0 Å². The van der Waals surface area contributed by atoms with Crippen LogP contribution in [-0.4, -0.2) is 23.9 Å². The van der Waals surface area contributed by atoms with Crippen LogP contribution >= 0.6 is 0 Å². The third-order valence-electron chi connectivity index (χ3n) is 5.13. The maximum Gasteiger partial charge on any atom is 0.263 e. The summed E-state index contributed by atoms with van der Waals surface area (Å²) in [6.07, 6.45) is 13.5. The highest BCUT2D eigenvalue weighted by atomic mass is 17.3. The van der Waals surface area contributed by atoms with Crippen molar-refractivity contribution in [1.29, 1.82) is 0 Å². The quantitative estimate of drug-likeness (QED) is 0.332. The number of allylic oxidation sites excluding steroid dienone is 1. The molecule has 0 aromatic heterocycles. The highest BCUT2D eigenvalue weighted by Gasteiger charge is 2.68. The van der Waals surface area contributed by atoms with Crippen LogP contribution in [0.5, 0.6) is 0 Å². The van der Waals surface area contributed by atoms with Crippen molar-refractivity contribution < 1.29 is 14.5 Å². The minimum absolute atomic E-state index is 0.196. The molecule has 5 unspecified atom stereocenters. The lowest BCUT2D eigenvalue weighted by molar-refractivity contribution is -0.748. The van der Waals surface area contributed by atoms with Crippen molar-refractivity contribution in [2.45, 2.75) is 68.9 Å². The molecule has 2 aliphatic heterocycles. The fraction of sp³-hybridized carbons (Fsp3) is 0.750. The largest absolute Gasteiger partial charge is 0.533 e. The first kappa shape index (κ1) is 13.3. The van der Waals surface area contributed by atoms with Gasteiger partial charge < -0.3 is 14.5 Å². The Morgan fingerprint density at radius 2 is 2.00 bits per heavy atom. The van der Waals surface area contributed by atoms with Crippen molar-refractivity contribution in [2.75, 3.05) is 0 Å². The molecule has 4 rings (SSSR count). The Morgan fingerprint density at radius 1 is 1.16 bits per heavy atom. The van der Waals surface area contributed by atoms with Crippen molar-refractivity contribution in [3.05, 3.63) is 25.3 Å². The number of fused-ring (bicyclic) bond motifs is 2. The van der Waals surface area contributed by atoms with Gasteiger partial charge in [0.1, 0.15) is 0 Å². The number of rotatable bonds is 2. The predicted octanol–water partition coefficient (Wildman–Crippen LogP) is 2.43. The molecule has 3 heteroatoms. The topological polar surface area (TPSA) is 38.3 Å². The number of hydrogen-bond acceptors (Lipinski definition) is 2. The van der Waals surface area contributed by atoms with E-state index in [-0.39, 0.29) is 11.7 Å². The van der Waals surface area contributed by atoms with Gasteiger partial charge in [0, 0.05) is 12.8 Å². The summed E-state index contributed by atoms with van der Waals surface area (Å²) in [7, 11) is 0. The van der Waals surface area contributed by atoms with Gasteiger partial charge in [-0.15, -0.1) is 6.58 Å². The Hall–Kier alpha value is -0.640. The zero-order valence-corrected chi connectivity index (χ0v) is 11.6. The van der Waals surface area contributed by atoms with Crippen LogP contribution in [-0.2, 0) is 9.25 Å². The molecule has 4 fully saturated rings. The normalized spacial score (nSPS) is 47.0. The number of epoxide rings is 2. The van der Waals surface area contributed by atoms with Crippen LogP contribution in [0.1, 0.15) is 44.9 Å². The Balaban J connectivity index is 0.000000117. The maximum atomic E-state index is 11.0. The highest BCUT2D eigenvalue weighted by molar-refractivity contribution is 5.16. The maximum absolute atomic E-state index is 11.0. The van der Waals surface area contributed by atoms with Crippen LogP contribution in [0.4, 0.5) is 0 Å². The molecule has 0 aromatic carbocycles. The molecular formula is C16H24O3. The van der Waals surface area contributed by atoms with Gasteiger partial charge in [-0.2, -0.15) is 0 Å². The van der Waals surface area contributed by atoms with Crippen LogP contribution in [0.15, 0.2) is 25.3 Å². The molecule has 4 aliphatic rings. The van der Waals surface area contributed by atoms with Gasteiger partial charge in [-0.25, -0.2) is 0 Å². The van der Waals surface area contributed by atoms with Crippen LogP contribution in [0.25, 0.3) is 0 Å². The monoisotopic (exact) mass is 264 g/mol. The van der Waals surface area contributed by atoms with Crippen LogP contribution < -0.4 is 5.26 Å². The summed E-state index contributed by atoms with van der Waals surface area (Å²) in [6, 6.07) is 0. The summed E-state index contributed by atoms with van der Waals surface area (Å²) in [5, 5.41) is 11.0. The van der Waals surface area contributed by atoms with E-state index in [2.05, 4.69) is 19.2 Å². The second-order valence-electron chi connectivity index (χ2n) is 6.21. The SMILES string of the molecule is C=CC12CCCCC1[O+]2[O-].C=CC1CCC2OC2C1. The number of ether oxygens (including phenoxy) is 1. The molecule has 5 atom stereocenters. The molecule has 0 amide bonds. The van der Waals surface area contributed by atoms with Gasteiger partial charge in [0.05, 0.1) is 12.2 Å². The van der Waals surface area contributed by atoms with E-state index in [4.69, 9.17) is 4.74 Å². The summed E-state index contributed by atoms with van der Waals surface area (Å²) in [5.74, 6) is 0.744. The summed E-state index contributed by atoms with van der Waals surface area (Å²) in [4.78, 5) is 0. The van der Waals surface area contributed by atoms with Crippen molar-refractivity contribution >= 4 is 0 Å². The van der Waals surface area contributed by atoms with Crippen LogP contribution in [0.3, 0.4) is 0 Å². The van der Waals surface area contributed by atoms with Gasteiger partial charge >= 0.3 is 0 Å². The zero-order chi connectivity index (χ0) is 13.5. The van der Waals surface area contributed by atoms with Gasteiger partial charge in [-0.1, -0.05) is 12.7 Å². The van der Waals surface area contributed by atoms with Crippen molar-refractivity contribution in [1.82, 2.24) is 0 Å². The Labute approximate surface area is 115 Å². The summed E-state index contributed by atoms with van der Waals surface area (Å²) < 4.78 is 7.33.